The molecule has 7 N–H and O–H groups in total. The zero-order valence-electron chi connectivity index (χ0n) is 12.9. The number of carboxylic acid groups (broad SMARTS) is 2. The standard InChI is InChI=1S/C9H9N3O.2C2HF3O2/c10-7-5-3-1-2-4-6(5)9(13)12-8(7)11;2*3-2(4,5)1(6)7/h1-4H,10H2,(H3,11,12,13);2*(H,6,7). The van der Waals surface area contributed by atoms with Gasteiger partial charge in [0.2, 0.25) is 0 Å². The Morgan fingerprint density at radius 1 is 0.852 bits per heavy atom. The molecule has 2 rings (SSSR count). The third kappa shape index (κ3) is 7.54. The Balaban J connectivity index is 0.000000416. The summed E-state index contributed by atoms with van der Waals surface area (Å²) in [7, 11) is 0. The van der Waals surface area contributed by atoms with Crippen LogP contribution in [0.4, 0.5) is 37.8 Å². The van der Waals surface area contributed by atoms with Crippen molar-refractivity contribution >= 4 is 34.2 Å². The first-order valence-corrected chi connectivity index (χ1v) is 6.35. The van der Waals surface area contributed by atoms with Crippen LogP contribution in [0.5, 0.6) is 0 Å². The first-order chi connectivity index (χ1) is 12.1. The number of aromatic nitrogens is 1. The van der Waals surface area contributed by atoms with Crippen LogP contribution in [0, 0.1) is 0 Å². The molecule has 2 aromatic rings. The minimum atomic E-state index is -5.08. The first kappa shape index (κ1) is 23.5. The second-order valence-corrected chi connectivity index (χ2v) is 4.43. The highest BCUT2D eigenvalue weighted by atomic mass is 19.4. The Morgan fingerprint density at radius 3 is 1.52 bits per heavy atom. The van der Waals surface area contributed by atoms with E-state index in [1.54, 1.807) is 18.2 Å². The number of halogens is 6. The summed E-state index contributed by atoms with van der Waals surface area (Å²) in [6.07, 6.45) is -10.2. The Kier molecular flexibility index (Phi) is 7.65. The maximum Gasteiger partial charge on any atom is 0.490 e. The molecule has 14 heteroatoms. The van der Waals surface area contributed by atoms with Gasteiger partial charge in [-0.2, -0.15) is 26.3 Å². The number of nitrogen functional groups attached to an aromatic ring is 2. The molecule has 1 aromatic carbocycles. The smallest absolute Gasteiger partial charge is 0.475 e. The van der Waals surface area contributed by atoms with Crippen molar-refractivity contribution in [1.82, 2.24) is 4.98 Å². The lowest BCUT2D eigenvalue weighted by Gasteiger charge is -2.03. The number of aliphatic carboxylic acids is 2. The van der Waals surface area contributed by atoms with Crippen molar-refractivity contribution in [3.8, 4) is 0 Å². The molecule has 0 aliphatic rings. The van der Waals surface area contributed by atoms with E-state index in [-0.39, 0.29) is 11.4 Å². The highest BCUT2D eigenvalue weighted by Crippen LogP contribution is 2.20. The zero-order chi connectivity index (χ0) is 21.6. The maximum absolute atomic E-state index is 11.4. The molecule has 1 aromatic heterocycles. The van der Waals surface area contributed by atoms with Gasteiger partial charge in [-0.05, 0) is 6.07 Å². The number of nitrogens with two attached hydrogens (primary N) is 2. The van der Waals surface area contributed by atoms with Gasteiger partial charge in [0.25, 0.3) is 5.56 Å². The normalized spacial score (nSPS) is 10.9. The van der Waals surface area contributed by atoms with Crippen LogP contribution in [0.15, 0.2) is 29.1 Å². The fraction of sp³-hybridized carbons (Fsp3) is 0.154. The zero-order valence-corrected chi connectivity index (χ0v) is 12.9. The third-order valence-electron chi connectivity index (χ3n) is 2.49. The van der Waals surface area contributed by atoms with Gasteiger partial charge >= 0.3 is 24.3 Å². The largest absolute Gasteiger partial charge is 0.490 e. The fourth-order valence-corrected chi connectivity index (χ4v) is 1.32. The molecule has 0 spiro atoms. The molecule has 0 atom stereocenters. The van der Waals surface area contributed by atoms with Gasteiger partial charge in [0.1, 0.15) is 5.82 Å². The van der Waals surface area contributed by atoms with E-state index in [1.165, 1.54) is 0 Å². The van der Waals surface area contributed by atoms with Crippen LogP contribution >= 0.6 is 0 Å². The predicted octanol–water partition coefficient (Wildman–Crippen LogP) is 1.96. The number of H-pyrrole nitrogens is 1. The van der Waals surface area contributed by atoms with Crippen LogP contribution in [0.1, 0.15) is 0 Å². The van der Waals surface area contributed by atoms with Crippen LogP contribution in [0.25, 0.3) is 10.8 Å². The lowest BCUT2D eigenvalue weighted by atomic mass is 10.1. The van der Waals surface area contributed by atoms with Crippen molar-refractivity contribution in [1.29, 1.82) is 0 Å². The van der Waals surface area contributed by atoms with E-state index in [1.807, 2.05) is 6.07 Å². The maximum atomic E-state index is 11.4. The number of alkyl halides is 6. The Hall–Kier alpha value is -3.45. The summed E-state index contributed by atoms with van der Waals surface area (Å²) in [6, 6.07) is 7.09. The van der Waals surface area contributed by atoms with Crippen LogP contribution in [0.3, 0.4) is 0 Å². The molecule has 1 heterocycles. The lowest BCUT2D eigenvalue weighted by Crippen LogP contribution is -2.21. The summed E-state index contributed by atoms with van der Waals surface area (Å²) in [4.78, 5) is 31.6. The minimum absolute atomic E-state index is 0.206. The van der Waals surface area contributed by atoms with E-state index in [0.29, 0.717) is 16.5 Å². The van der Waals surface area contributed by atoms with E-state index in [9.17, 15) is 31.1 Å². The average Bonchev–Trinajstić information content (AvgIpc) is 2.52. The van der Waals surface area contributed by atoms with E-state index < -0.39 is 24.3 Å². The number of fused-ring (bicyclic) bond motifs is 1. The van der Waals surface area contributed by atoms with Crippen molar-refractivity contribution in [2.45, 2.75) is 12.4 Å². The molecule has 0 saturated heterocycles. The number of pyridine rings is 1. The first-order valence-electron chi connectivity index (χ1n) is 6.35. The Labute approximate surface area is 145 Å². The van der Waals surface area contributed by atoms with Crippen LogP contribution < -0.4 is 17.0 Å². The highest BCUT2D eigenvalue weighted by Gasteiger charge is 2.38. The van der Waals surface area contributed by atoms with Gasteiger partial charge in [-0.1, -0.05) is 18.2 Å². The van der Waals surface area contributed by atoms with E-state index in [0.717, 1.165) is 0 Å². The molecule has 0 aliphatic heterocycles. The summed E-state index contributed by atoms with van der Waals surface area (Å²) in [6.45, 7) is 0. The molecular formula is C13H11F6N3O5. The summed E-state index contributed by atoms with van der Waals surface area (Å²) >= 11 is 0. The number of anilines is 2. The van der Waals surface area contributed by atoms with E-state index in [4.69, 9.17) is 31.3 Å². The Morgan fingerprint density at radius 2 is 1.19 bits per heavy atom. The predicted molar refractivity (Wildman–Crippen MR) is 80.8 cm³/mol. The van der Waals surface area contributed by atoms with Gasteiger partial charge in [-0.15, -0.1) is 0 Å². The van der Waals surface area contributed by atoms with Crippen LogP contribution in [0.2, 0.25) is 0 Å². The molecule has 0 amide bonds. The summed E-state index contributed by atoms with van der Waals surface area (Å²) in [5.41, 5.74) is 11.4. The number of nitrogens with one attached hydrogen (secondary N) is 1. The molecule has 0 fully saturated rings. The highest BCUT2D eigenvalue weighted by molar-refractivity contribution is 5.96. The second kappa shape index (κ2) is 8.77. The third-order valence-corrected chi connectivity index (χ3v) is 2.49. The molecule has 0 unspecified atom stereocenters. The average molecular weight is 403 g/mol. The number of rotatable bonds is 0. The molecule has 8 nitrogen and oxygen atoms in total. The van der Waals surface area contributed by atoms with E-state index >= 15 is 0 Å². The van der Waals surface area contributed by atoms with E-state index in [2.05, 4.69) is 4.98 Å². The molecular weight excluding hydrogens is 392 g/mol. The topological polar surface area (TPSA) is 160 Å². The molecule has 150 valence electrons. The fourth-order valence-electron chi connectivity index (χ4n) is 1.32. The molecule has 0 radical (unpaired) electrons. The SMILES string of the molecule is Nc1[nH]c(=O)c2ccccc2c1N.O=C(O)C(F)(F)F.O=C(O)C(F)(F)F. The summed E-state index contributed by atoms with van der Waals surface area (Å²) in [5, 5.41) is 15.5. The molecule has 27 heavy (non-hydrogen) atoms. The van der Waals surface area contributed by atoms with Gasteiger partial charge in [-0.25, -0.2) is 9.59 Å². The van der Waals surface area contributed by atoms with Crippen molar-refractivity contribution in [2.75, 3.05) is 11.5 Å². The number of hydrogen-bond acceptors (Lipinski definition) is 5. The monoisotopic (exact) mass is 403 g/mol. The van der Waals surface area contributed by atoms with Gasteiger partial charge < -0.3 is 26.7 Å². The molecule has 0 aliphatic carbocycles. The van der Waals surface area contributed by atoms with Crippen molar-refractivity contribution in [3.05, 3.63) is 34.6 Å². The molecule has 0 saturated carbocycles. The van der Waals surface area contributed by atoms with Crippen molar-refractivity contribution in [2.24, 2.45) is 0 Å². The quantitative estimate of drug-likeness (QED) is 0.420. The lowest BCUT2D eigenvalue weighted by molar-refractivity contribution is -0.193. The van der Waals surface area contributed by atoms with Crippen LogP contribution in [-0.4, -0.2) is 39.5 Å². The molecule has 0 bridgehead atoms. The van der Waals surface area contributed by atoms with Gasteiger partial charge in [-0.3, -0.25) is 4.79 Å². The number of carbonyl (C=O) groups is 2. The summed E-state index contributed by atoms with van der Waals surface area (Å²) < 4.78 is 63.5. The Bertz CT molecular complexity index is 851. The number of carboxylic acids is 2. The number of benzene rings is 1. The van der Waals surface area contributed by atoms with Crippen molar-refractivity contribution < 1.29 is 46.1 Å². The summed E-state index contributed by atoms with van der Waals surface area (Å²) in [5.74, 6) is -5.29. The second-order valence-electron chi connectivity index (χ2n) is 4.43. The van der Waals surface area contributed by atoms with Gasteiger partial charge in [0, 0.05) is 10.8 Å². The number of hydrogen-bond donors (Lipinski definition) is 5. The van der Waals surface area contributed by atoms with Gasteiger partial charge in [0.05, 0.1) is 5.69 Å². The van der Waals surface area contributed by atoms with Crippen molar-refractivity contribution in [3.63, 3.8) is 0 Å². The minimum Gasteiger partial charge on any atom is -0.475 e. The van der Waals surface area contributed by atoms with Gasteiger partial charge in [0.15, 0.2) is 0 Å². The number of aromatic amines is 1. The van der Waals surface area contributed by atoms with Crippen LogP contribution in [-0.2, 0) is 9.59 Å².